The molecular formula is C14H29NS. The average Bonchev–Trinajstić information content (AvgIpc) is 2.28. The van der Waals surface area contributed by atoms with Crippen molar-refractivity contribution < 1.29 is 0 Å². The molecule has 0 aromatic rings. The Labute approximate surface area is 106 Å². The summed E-state index contributed by atoms with van der Waals surface area (Å²) in [7, 11) is 0. The zero-order valence-corrected chi connectivity index (χ0v) is 12.1. The highest BCUT2D eigenvalue weighted by atomic mass is 32.2. The van der Waals surface area contributed by atoms with Gasteiger partial charge in [-0.05, 0) is 68.9 Å². The molecule has 1 rings (SSSR count). The normalized spacial score (nSPS) is 30.6. The van der Waals surface area contributed by atoms with E-state index in [1.54, 1.807) is 0 Å². The predicted octanol–water partition coefficient (Wildman–Crippen LogP) is 3.93. The van der Waals surface area contributed by atoms with Crippen LogP contribution in [0.1, 0.15) is 52.4 Å². The Morgan fingerprint density at radius 3 is 2.81 bits per heavy atom. The van der Waals surface area contributed by atoms with Gasteiger partial charge in [-0.2, -0.15) is 11.8 Å². The summed E-state index contributed by atoms with van der Waals surface area (Å²) in [5, 5.41) is 3.76. The molecule has 1 nitrogen and oxygen atoms in total. The van der Waals surface area contributed by atoms with Crippen LogP contribution in [0.2, 0.25) is 0 Å². The summed E-state index contributed by atoms with van der Waals surface area (Å²) in [4.78, 5) is 0. The molecule has 0 aliphatic heterocycles. The average molecular weight is 243 g/mol. The molecule has 0 heterocycles. The molecule has 0 bridgehead atoms. The van der Waals surface area contributed by atoms with Crippen molar-refractivity contribution in [1.82, 2.24) is 5.32 Å². The van der Waals surface area contributed by atoms with Crippen LogP contribution in [0, 0.1) is 11.8 Å². The first-order valence-electron chi connectivity index (χ1n) is 7.00. The number of rotatable bonds is 7. The van der Waals surface area contributed by atoms with Gasteiger partial charge in [0.2, 0.25) is 0 Å². The largest absolute Gasteiger partial charge is 0.314 e. The van der Waals surface area contributed by atoms with E-state index >= 15 is 0 Å². The Bertz CT molecular complexity index is 170. The minimum atomic E-state index is 0.818. The second kappa shape index (κ2) is 8.41. The molecule has 1 fully saturated rings. The van der Waals surface area contributed by atoms with Gasteiger partial charge in [0, 0.05) is 6.04 Å². The van der Waals surface area contributed by atoms with Gasteiger partial charge in [-0.3, -0.25) is 0 Å². The highest BCUT2D eigenvalue weighted by Gasteiger charge is 2.27. The standard InChI is InChI=1S/C14H29NS/c1-4-9-15-14-8-7-12(2)11-13(14)6-5-10-16-3/h12-15H,4-11H2,1-3H3. The van der Waals surface area contributed by atoms with Crippen LogP contribution < -0.4 is 5.32 Å². The van der Waals surface area contributed by atoms with E-state index in [4.69, 9.17) is 0 Å². The molecule has 96 valence electrons. The first-order valence-corrected chi connectivity index (χ1v) is 8.39. The molecule has 1 aliphatic carbocycles. The molecule has 1 N–H and O–H groups in total. The van der Waals surface area contributed by atoms with Gasteiger partial charge in [-0.25, -0.2) is 0 Å². The number of hydrogen-bond donors (Lipinski definition) is 1. The first kappa shape index (κ1) is 14.4. The minimum Gasteiger partial charge on any atom is -0.314 e. The molecule has 3 atom stereocenters. The molecule has 0 saturated heterocycles. The molecule has 1 aliphatic rings. The second-order valence-electron chi connectivity index (χ2n) is 5.37. The summed E-state index contributed by atoms with van der Waals surface area (Å²) < 4.78 is 0. The molecule has 16 heavy (non-hydrogen) atoms. The lowest BCUT2D eigenvalue weighted by Crippen LogP contribution is -2.40. The maximum absolute atomic E-state index is 3.76. The molecule has 0 aromatic heterocycles. The third-order valence-corrected chi connectivity index (χ3v) is 4.52. The lowest BCUT2D eigenvalue weighted by Gasteiger charge is -2.35. The van der Waals surface area contributed by atoms with Gasteiger partial charge in [0.1, 0.15) is 0 Å². The van der Waals surface area contributed by atoms with E-state index in [1.165, 1.54) is 50.8 Å². The Balaban J connectivity index is 2.32. The molecule has 0 amide bonds. The van der Waals surface area contributed by atoms with Crippen molar-refractivity contribution in [2.45, 2.75) is 58.4 Å². The van der Waals surface area contributed by atoms with Crippen molar-refractivity contribution in [3.63, 3.8) is 0 Å². The number of hydrogen-bond acceptors (Lipinski definition) is 2. The van der Waals surface area contributed by atoms with Gasteiger partial charge in [-0.15, -0.1) is 0 Å². The third-order valence-electron chi connectivity index (χ3n) is 3.82. The maximum atomic E-state index is 3.76. The van der Waals surface area contributed by atoms with Crippen molar-refractivity contribution in [3.05, 3.63) is 0 Å². The highest BCUT2D eigenvalue weighted by molar-refractivity contribution is 7.98. The van der Waals surface area contributed by atoms with Crippen LogP contribution >= 0.6 is 11.8 Å². The monoisotopic (exact) mass is 243 g/mol. The summed E-state index contributed by atoms with van der Waals surface area (Å²) in [6.45, 7) is 5.90. The molecule has 0 spiro atoms. The summed E-state index contributed by atoms with van der Waals surface area (Å²) in [5.41, 5.74) is 0. The lowest BCUT2D eigenvalue weighted by molar-refractivity contribution is 0.202. The van der Waals surface area contributed by atoms with E-state index in [9.17, 15) is 0 Å². The Morgan fingerprint density at radius 2 is 2.12 bits per heavy atom. The Hall–Kier alpha value is 0.310. The zero-order chi connectivity index (χ0) is 11.8. The highest BCUT2D eigenvalue weighted by Crippen LogP contribution is 2.32. The lowest BCUT2D eigenvalue weighted by atomic mass is 9.77. The zero-order valence-electron chi connectivity index (χ0n) is 11.3. The van der Waals surface area contributed by atoms with E-state index in [0.717, 1.165) is 17.9 Å². The summed E-state index contributed by atoms with van der Waals surface area (Å²) in [5.74, 6) is 3.24. The summed E-state index contributed by atoms with van der Waals surface area (Å²) in [6.07, 6.45) is 10.6. The Morgan fingerprint density at radius 1 is 1.31 bits per heavy atom. The fraction of sp³-hybridized carbons (Fsp3) is 1.00. The van der Waals surface area contributed by atoms with Crippen LogP contribution in [-0.2, 0) is 0 Å². The maximum Gasteiger partial charge on any atom is 0.00955 e. The van der Waals surface area contributed by atoms with E-state index in [1.807, 2.05) is 11.8 Å². The smallest absolute Gasteiger partial charge is 0.00955 e. The van der Waals surface area contributed by atoms with Crippen molar-refractivity contribution >= 4 is 11.8 Å². The van der Waals surface area contributed by atoms with Gasteiger partial charge in [-0.1, -0.05) is 13.8 Å². The molecule has 2 heteroatoms. The van der Waals surface area contributed by atoms with Crippen molar-refractivity contribution in [2.75, 3.05) is 18.6 Å². The van der Waals surface area contributed by atoms with Gasteiger partial charge >= 0.3 is 0 Å². The first-order chi connectivity index (χ1) is 7.77. The molecule has 0 aromatic carbocycles. The Kier molecular flexibility index (Phi) is 7.55. The topological polar surface area (TPSA) is 12.0 Å². The van der Waals surface area contributed by atoms with E-state index in [-0.39, 0.29) is 0 Å². The van der Waals surface area contributed by atoms with Gasteiger partial charge in [0.05, 0.1) is 0 Å². The molecule has 3 unspecified atom stereocenters. The minimum absolute atomic E-state index is 0.818. The fourth-order valence-corrected chi connectivity index (χ4v) is 3.36. The van der Waals surface area contributed by atoms with E-state index in [0.29, 0.717) is 0 Å². The summed E-state index contributed by atoms with van der Waals surface area (Å²) in [6, 6.07) is 0.818. The fourth-order valence-electron chi connectivity index (χ4n) is 2.91. The van der Waals surface area contributed by atoms with E-state index < -0.39 is 0 Å². The molecule has 0 radical (unpaired) electrons. The summed E-state index contributed by atoms with van der Waals surface area (Å²) >= 11 is 1.99. The SMILES string of the molecule is CCCNC1CCC(C)CC1CCCSC. The predicted molar refractivity (Wildman–Crippen MR) is 76.2 cm³/mol. The van der Waals surface area contributed by atoms with Crippen molar-refractivity contribution in [3.8, 4) is 0 Å². The van der Waals surface area contributed by atoms with Crippen LogP contribution in [-0.4, -0.2) is 24.6 Å². The van der Waals surface area contributed by atoms with E-state index in [2.05, 4.69) is 25.4 Å². The van der Waals surface area contributed by atoms with Gasteiger partial charge in [0.15, 0.2) is 0 Å². The number of nitrogens with one attached hydrogen (secondary N) is 1. The second-order valence-corrected chi connectivity index (χ2v) is 6.36. The third kappa shape index (κ3) is 5.09. The van der Waals surface area contributed by atoms with Crippen LogP contribution in [0.15, 0.2) is 0 Å². The van der Waals surface area contributed by atoms with Crippen LogP contribution in [0.5, 0.6) is 0 Å². The van der Waals surface area contributed by atoms with Crippen molar-refractivity contribution in [2.24, 2.45) is 11.8 Å². The molecule has 1 saturated carbocycles. The van der Waals surface area contributed by atoms with Crippen LogP contribution in [0.4, 0.5) is 0 Å². The molecular weight excluding hydrogens is 214 g/mol. The van der Waals surface area contributed by atoms with Gasteiger partial charge < -0.3 is 5.32 Å². The quantitative estimate of drug-likeness (QED) is 0.680. The number of thioether (sulfide) groups is 1. The van der Waals surface area contributed by atoms with Crippen LogP contribution in [0.25, 0.3) is 0 Å². The van der Waals surface area contributed by atoms with Crippen LogP contribution in [0.3, 0.4) is 0 Å². The van der Waals surface area contributed by atoms with Gasteiger partial charge in [0.25, 0.3) is 0 Å². The van der Waals surface area contributed by atoms with Crippen molar-refractivity contribution in [1.29, 1.82) is 0 Å².